The van der Waals surface area contributed by atoms with E-state index in [1.54, 1.807) is 0 Å². The zero-order valence-corrected chi connectivity index (χ0v) is 12.4. The molecule has 102 valence electrons. The van der Waals surface area contributed by atoms with Gasteiger partial charge in [-0.1, -0.05) is 46.8 Å². The van der Waals surface area contributed by atoms with Gasteiger partial charge in [0.05, 0.1) is 11.2 Å². The molecule has 0 saturated carbocycles. The fourth-order valence-electron chi connectivity index (χ4n) is 1.78. The maximum absolute atomic E-state index is 10.4. The molecule has 0 aliphatic carbocycles. The Morgan fingerprint density at radius 1 is 0.941 bits per heavy atom. The van der Waals surface area contributed by atoms with Crippen molar-refractivity contribution in [2.45, 2.75) is 78.4 Å². The van der Waals surface area contributed by atoms with E-state index in [9.17, 15) is 10.2 Å². The number of rotatable bonds is 6. The molecular formula is C15H30O2. The summed E-state index contributed by atoms with van der Waals surface area (Å²) in [6, 6.07) is 0. The van der Waals surface area contributed by atoms with E-state index in [1.165, 1.54) is 0 Å². The van der Waals surface area contributed by atoms with Gasteiger partial charge in [-0.05, 0) is 38.0 Å². The summed E-state index contributed by atoms with van der Waals surface area (Å²) < 4.78 is 0. The Bertz CT molecular complexity index is 255. The van der Waals surface area contributed by atoms with E-state index in [0.717, 1.165) is 18.4 Å². The van der Waals surface area contributed by atoms with Crippen molar-refractivity contribution < 1.29 is 10.2 Å². The summed E-state index contributed by atoms with van der Waals surface area (Å²) in [5.41, 5.74) is -0.708. The van der Waals surface area contributed by atoms with Crippen LogP contribution in [0.2, 0.25) is 0 Å². The van der Waals surface area contributed by atoms with E-state index in [4.69, 9.17) is 0 Å². The van der Waals surface area contributed by atoms with Gasteiger partial charge in [0.15, 0.2) is 0 Å². The minimum Gasteiger partial charge on any atom is -0.390 e. The number of hydrogen-bond donors (Lipinski definition) is 2. The maximum atomic E-state index is 10.4. The molecule has 1 unspecified atom stereocenters. The third-order valence-electron chi connectivity index (χ3n) is 4.11. The van der Waals surface area contributed by atoms with E-state index >= 15 is 0 Å². The summed E-state index contributed by atoms with van der Waals surface area (Å²) in [6.07, 6.45) is 2.56. The minimum absolute atomic E-state index is 0.188. The summed E-state index contributed by atoms with van der Waals surface area (Å²) in [4.78, 5) is 0. The zero-order valence-electron chi connectivity index (χ0n) is 12.4. The first kappa shape index (κ1) is 16.7. The zero-order chi connectivity index (χ0) is 13.9. The molecule has 0 aromatic carbocycles. The van der Waals surface area contributed by atoms with Crippen LogP contribution in [0, 0.1) is 5.41 Å². The molecular weight excluding hydrogens is 212 g/mol. The topological polar surface area (TPSA) is 40.5 Å². The third-order valence-corrected chi connectivity index (χ3v) is 4.11. The van der Waals surface area contributed by atoms with Gasteiger partial charge >= 0.3 is 0 Å². The molecule has 17 heavy (non-hydrogen) atoms. The first-order chi connectivity index (χ1) is 7.47. The van der Waals surface area contributed by atoms with Gasteiger partial charge in [-0.25, -0.2) is 0 Å². The van der Waals surface area contributed by atoms with Gasteiger partial charge in [-0.2, -0.15) is 0 Å². The Labute approximate surface area is 107 Å². The second-order valence-corrected chi connectivity index (χ2v) is 6.56. The van der Waals surface area contributed by atoms with Crippen molar-refractivity contribution >= 4 is 0 Å². The van der Waals surface area contributed by atoms with Crippen molar-refractivity contribution in [1.82, 2.24) is 0 Å². The van der Waals surface area contributed by atoms with Crippen LogP contribution in [0.4, 0.5) is 0 Å². The average molecular weight is 242 g/mol. The van der Waals surface area contributed by atoms with E-state index in [0.29, 0.717) is 12.8 Å². The van der Waals surface area contributed by atoms with Crippen molar-refractivity contribution in [3.05, 3.63) is 12.2 Å². The summed E-state index contributed by atoms with van der Waals surface area (Å²) in [5.74, 6) is 0. The Hall–Kier alpha value is -0.340. The molecule has 0 aromatic rings. The molecule has 0 amide bonds. The van der Waals surface area contributed by atoms with Gasteiger partial charge in [0.25, 0.3) is 0 Å². The van der Waals surface area contributed by atoms with E-state index in [1.807, 2.05) is 41.5 Å². The van der Waals surface area contributed by atoms with Crippen LogP contribution in [0.5, 0.6) is 0 Å². The predicted molar refractivity (Wildman–Crippen MR) is 74.0 cm³/mol. The fourth-order valence-corrected chi connectivity index (χ4v) is 1.78. The molecule has 2 nitrogen and oxygen atoms in total. The SMILES string of the molecule is C=C(CC(O)(CC)CC)CC(C)(O)C(C)(C)C. The van der Waals surface area contributed by atoms with Gasteiger partial charge in [-0.3, -0.25) is 0 Å². The lowest BCUT2D eigenvalue weighted by atomic mass is 9.73. The minimum atomic E-state index is -0.785. The Morgan fingerprint density at radius 2 is 1.35 bits per heavy atom. The Balaban J connectivity index is 4.58. The highest BCUT2D eigenvalue weighted by molar-refractivity contribution is 5.07. The normalized spacial score (nSPS) is 16.7. The van der Waals surface area contributed by atoms with Crippen LogP contribution >= 0.6 is 0 Å². The van der Waals surface area contributed by atoms with Crippen LogP contribution < -0.4 is 0 Å². The van der Waals surface area contributed by atoms with Crippen LogP contribution in [-0.4, -0.2) is 21.4 Å². The van der Waals surface area contributed by atoms with Crippen molar-refractivity contribution in [3.8, 4) is 0 Å². The van der Waals surface area contributed by atoms with E-state index in [-0.39, 0.29) is 5.41 Å². The molecule has 0 fully saturated rings. The molecule has 0 rings (SSSR count). The molecule has 0 bridgehead atoms. The van der Waals surface area contributed by atoms with Crippen molar-refractivity contribution in [2.75, 3.05) is 0 Å². The summed E-state index contributed by atoms with van der Waals surface area (Å²) >= 11 is 0. The summed E-state index contributed by atoms with van der Waals surface area (Å²) in [7, 11) is 0. The molecule has 1 atom stereocenters. The smallest absolute Gasteiger partial charge is 0.0704 e. The lowest BCUT2D eigenvalue weighted by molar-refractivity contribution is -0.0440. The van der Waals surface area contributed by atoms with Crippen LogP contribution in [0.15, 0.2) is 12.2 Å². The molecule has 0 saturated heterocycles. The first-order valence-electron chi connectivity index (χ1n) is 6.59. The van der Waals surface area contributed by atoms with E-state index in [2.05, 4.69) is 6.58 Å². The quantitative estimate of drug-likeness (QED) is 0.698. The monoisotopic (exact) mass is 242 g/mol. The molecule has 0 aliphatic rings. The predicted octanol–water partition coefficient (Wildman–Crippen LogP) is 3.67. The molecule has 0 aliphatic heterocycles. The highest BCUT2D eigenvalue weighted by Gasteiger charge is 2.36. The van der Waals surface area contributed by atoms with Gasteiger partial charge in [0, 0.05) is 0 Å². The summed E-state index contributed by atoms with van der Waals surface area (Å²) in [6.45, 7) is 15.9. The molecule has 0 heterocycles. The van der Waals surface area contributed by atoms with Gasteiger partial charge in [0.1, 0.15) is 0 Å². The molecule has 0 spiro atoms. The number of aliphatic hydroxyl groups is 2. The lowest BCUT2D eigenvalue weighted by Crippen LogP contribution is -2.40. The first-order valence-corrected chi connectivity index (χ1v) is 6.59. The molecule has 2 N–H and O–H groups in total. The second kappa shape index (κ2) is 5.53. The average Bonchev–Trinajstić information content (AvgIpc) is 2.14. The largest absolute Gasteiger partial charge is 0.390 e. The highest BCUT2D eigenvalue weighted by atomic mass is 16.3. The van der Waals surface area contributed by atoms with Crippen molar-refractivity contribution in [2.24, 2.45) is 5.41 Å². The van der Waals surface area contributed by atoms with Crippen LogP contribution in [0.3, 0.4) is 0 Å². The molecule has 0 radical (unpaired) electrons. The van der Waals surface area contributed by atoms with Crippen LogP contribution in [0.1, 0.15) is 67.2 Å². The Kier molecular flexibility index (Phi) is 5.42. The van der Waals surface area contributed by atoms with Crippen LogP contribution in [-0.2, 0) is 0 Å². The van der Waals surface area contributed by atoms with Gasteiger partial charge in [0.2, 0.25) is 0 Å². The standard InChI is InChI=1S/C15H30O2/c1-8-15(17,9-2)11-12(3)10-14(7,16)13(4,5)6/h16-17H,3,8-11H2,1-2,4-7H3. The van der Waals surface area contributed by atoms with Gasteiger partial charge in [-0.15, -0.1) is 0 Å². The van der Waals surface area contributed by atoms with Gasteiger partial charge < -0.3 is 10.2 Å². The molecule has 2 heteroatoms. The van der Waals surface area contributed by atoms with E-state index < -0.39 is 11.2 Å². The summed E-state index contributed by atoms with van der Waals surface area (Å²) in [5, 5.41) is 20.7. The van der Waals surface area contributed by atoms with Crippen molar-refractivity contribution in [1.29, 1.82) is 0 Å². The lowest BCUT2D eigenvalue weighted by Gasteiger charge is -2.39. The maximum Gasteiger partial charge on any atom is 0.0704 e. The second-order valence-electron chi connectivity index (χ2n) is 6.56. The fraction of sp³-hybridized carbons (Fsp3) is 0.867. The van der Waals surface area contributed by atoms with Crippen LogP contribution in [0.25, 0.3) is 0 Å². The Morgan fingerprint density at radius 3 is 1.65 bits per heavy atom. The third kappa shape index (κ3) is 4.81. The number of hydrogen-bond acceptors (Lipinski definition) is 2. The van der Waals surface area contributed by atoms with Crippen molar-refractivity contribution in [3.63, 3.8) is 0 Å². The highest BCUT2D eigenvalue weighted by Crippen LogP contribution is 2.37. The molecule has 0 aromatic heterocycles.